The minimum atomic E-state index is -2.81. The number of benzene rings is 9. The smallest absolute Gasteiger partial charge is 0.395 e. The zero-order valence-corrected chi connectivity index (χ0v) is 43.1. The van der Waals surface area contributed by atoms with Crippen molar-refractivity contribution in [3.63, 3.8) is 0 Å². The number of hydrogen-bond acceptors (Lipinski definition) is 9. The summed E-state index contributed by atoms with van der Waals surface area (Å²) in [4.78, 5) is 30.4. The van der Waals surface area contributed by atoms with Crippen LogP contribution in [0.5, 0.6) is 0 Å². The van der Waals surface area contributed by atoms with Crippen molar-refractivity contribution < 1.29 is 42.9 Å². The number of aliphatic hydroxyl groups excluding tert-OH is 4. The molecule has 9 aromatic carbocycles. The molecule has 9 aromatic rings. The fourth-order valence-electron chi connectivity index (χ4n) is 10.7. The zero-order valence-electron chi connectivity index (χ0n) is 41.5. The third-order valence-electron chi connectivity index (χ3n) is 14.1. The van der Waals surface area contributed by atoms with Gasteiger partial charge in [-0.1, -0.05) is 188 Å². The van der Waals surface area contributed by atoms with Gasteiger partial charge in [-0.05, 0) is 84.8 Å². The van der Waals surface area contributed by atoms with Gasteiger partial charge in [-0.3, -0.25) is 9.59 Å². The van der Waals surface area contributed by atoms with Gasteiger partial charge in [0.25, 0.3) is 0 Å². The molecule has 74 heavy (non-hydrogen) atoms. The maximum Gasteiger partial charge on any atom is 0.660 e. The predicted octanol–water partition coefficient (Wildman–Crippen LogP) is 11.6. The summed E-state index contributed by atoms with van der Waals surface area (Å²) in [5.41, 5.74) is 3.73. The van der Waals surface area contributed by atoms with Crippen LogP contribution in [0.4, 0.5) is 0 Å². The Hall–Kier alpha value is -6.16. The lowest BCUT2D eigenvalue weighted by molar-refractivity contribution is 0.101. The average Bonchev–Trinajstić information content (AvgIpc) is 3.44. The molecule has 0 atom stereocenters. The number of Topliss-reactive ketones (excluding diaryl/α,β-unsaturated/α-hetero) is 2. The number of carbonyl (C=O) groups is 2. The topological polar surface area (TPSA) is 143 Å². The molecule has 380 valence electrons. The molecule has 0 heterocycles. The van der Waals surface area contributed by atoms with E-state index in [1.54, 1.807) is 0 Å². The molecule has 0 saturated carbocycles. The minimum absolute atomic E-state index is 0.00755. The van der Waals surface area contributed by atoms with Crippen LogP contribution in [0.25, 0.3) is 43.1 Å². The van der Waals surface area contributed by atoms with Gasteiger partial charge in [0, 0.05) is 46.2 Å². The van der Waals surface area contributed by atoms with Crippen LogP contribution in [0.3, 0.4) is 0 Å². The van der Waals surface area contributed by atoms with Crippen molar-refractivity contribution in [2.75, 3.05) is 67.6 Å². The summed E-state index contributed by atoms with van der Waals surface area (Å²) in [6, 6.07) is 66.3. The fraction of sp³-hybridized carbons (Fsp3) is 0.226. The van der Waals surface area contributed by atoms with Crippen LogP contribution in [0, 0.1) is 0 Å². The van der Waals surface area contributed by atoms with E-state index in [0.29, 0.717) is 24.0 Å². The summed E-state index contributed by atoms with van der Waals surface area (Å²) < 4.78 is 21.1. The Labute approximate surface area is 437 Å². The van der Waals surface area contributed by atoms with E-state index >= 15 is 9.59 Å². The van der Waals surface area contributed by atoms with Crippen molar-refractivity contribution in [2.24, 2.45) is 0 Å². The van der Waals surface area contributed by atoms with Crippen molar-refractivity contribution >= 4 is 82.6 Å². The first-order valence-corrected chi connectivity index (χ1v) is 29.4. The lowest BCUT2D eigenvalue weighted by atomic mass is 9.67. The zero-order chi connectivity index (χ0) is 51.4. The van der Waals surface area contributed by atoms with E-state index in [1.807, 2.05) is 152 Å². The first-order valence-electron chi connectivity index (χ1n) is 25.2. The van der Waals surface area contributed by atoms with E-state index in [-0.39, 0.29) is 79.1 Å². The van der Waals surface area contributed by atoms with Crippen LogP contribution in [0.2, 0.25) is 0 Å². The van der Waals surface area contributed by atoms with Gasteiger partial charge in [0.15, 0.2) is 11.6 Å². The number of carbonyl (C=O) groups excluding carboxylic acids is 2. The molecule has 0 unspecified atom stereocenters. The lowest BCUT2D eigenvalue weighted by Crippen LogP contribution is -2.39. The largest absolute Gasteiger partial charge is 0.660 e. The van der Waals surface area contributed by atoms with Crippen LogP contribution in [0.15, 0.2) is 200 Å². The second-order valence-corrected chi connectivity index (χ2v) is 25.1. The summed E-state index contributed by atoms with van der Waals surface area (Å²) in [7, 11) is -7.17. The molecular formula is C62H63BO9S2. The van der Waals surface area contributed by atoms with E-state index in [4.69, 9.17) is 12.9 Å². The molecule has 0 aliphatic heterocycles. The molecule has 0 aliphatic rings. The monoisotopic (exact) mass is 1030 g/mol. The molecule has 12 heteroatoms. The molecule has 0 amide bonds. The third-order valence-corrected chi connectivity index (χ3v) is 20.5. The van der Waals surface area contributed by atoms with Crippen LogP contribution >= 0.6 is 20.6 Å². The summed E-state index contributed by atoms with van der Waals surface area (Å²) in [6.45, 7) is -1.37. The van der Waals surface area contributed by atoms with E-state index < -0.39 is 33.4 Å². The van der Waals surface area contributed by atoms with Gasteiger partial charge in [0.2, 0.25) is 0 Å². The Kier molecular flexibility index (Phi) is 17.4. The van der Waals surface area contributed by atoms with Crippen molar-refractivity contribution in [2.45, 2.75) is 18.3 Å². The van der Waals surface area contributed by atoms with Crippen LogP contribution in [-0.2, 0) is 18.3 Å². The minimum Gasteiger partial charge on any atom is -0.395 e. The Morgan fingerprint density at radius 2 is 0.716 bits per heavy atom. The lowest BCUT2D eigenvalue weighted by Gasteiger charge is -2.44. The Morgan fingerprint density at radius 1 is 0.419 bits per heavy atom. The molecule has 0 fully saturated rings. The predicted molar refractivity (Wildman–Crippen MR) is 307 cm³/mol. The average molecular weight is 1030 g/mol. The van der Waals surface area contributed by atoms with Gasteiger partial charge in [-0.25, -0.2) is 0 Å². The molecule has 0 aliphatic carbocycles. The van der Waals surface area contributed by atoms with Crippen molar-refractivity contribution in [3.8, 4) is 0 Å². The molecule has 0 aromatic heterocycles. The highest BCUT2D eigenvalue weighted by molar-refractivity contribution is 8.32. The van der Waals surface area contributed by atoms with Gasteiger partial charge in [0.1, 0.15) is 0 Å². The summed E-state index contributed by atoms with van der Waals surface area (Å²) in [5.74, 6) is -0.790. The Balaban J connectivity index is 1.12. The van der Waals surface area contributed by atoms with Crippen molar-refractivity contribution in [1.82, 2.24) is 0 Å². The quantitative estimate of drug-likeness (QED) is 0.0137. The van der Waals surface area contributed by atoms with Crippen molar-refractivity contribution in [1.29, 1.82) is 0 Å². The van der Waals surface area contributed by atoms with Gasteiger partial charge in [0.05, 0.1) is 37.9 Å². The molecule has 4 N–H and O–H groups in total. The SMILES string of the molecule is O=C(CS(CCO)(CCO)OB(OCCCC(c1ccccc1)(c1ccccc1)c1ccccc1)OS(CCO)(CCO)CC(=O)c1c2ccccc2cc2ccccc12)c1c2ccccc2cc2ccccc12. The van der Waals surface area contributed by atoms with Crippen molar-refractivity contribution in [3.05, 3.63) is 228 Å². The molecular weight excluding hydrogens is 964 g/mol. The highest BCUT2D eigenvalue weighted by atomic mass is 32.3. The molecule has 9 rings (SSSR count). The number of fused-ring (bicyclic) bond motifs is 4. The summed E-state index contributed by atoms with van der Waals surface area (Å²) in [5, 5.41) is 50.2. The number of ketones is 2. The van der Waals surface area contributed by atoms with E-state index in [9.17, 15) is 20.4 Å². The molecule has 0 saturated heterocycles. The number of rotatable bonds is 26. The fourth-order valence-corrected chi connectivity index (χ4v) is 15.7. The third kappa shape index (κ3) is 11.4. The maximum absolute atomic E-state index is 15.2. The van der Waals surface area contributed by atoms with Crippen LogP contribution < -0.4 is 0 Å². The normalized spacial score (nSPS) is 12.6. The van der Waals surface area contributed by atoms with E-state index in [0.717, 1.165) is 59.8 Å². The molecule has 0 bridgehead atoms. The molecule has 0 spiro atoms. The first-order chi connectivity index (χ1) is 36.3. The van der Waals surface area contributed by atoms with Crippen LogP contribution in [0.1, 0.15) is 50.2 Å². The van der Waals surface area contributed by atoms with E-state index in [1.165, 1.54) is 0 Å². The van der Waals surface area contributed by atoms with Gasteiger partial charge in [-0.15, -0.1) is 20.6 Å². The van der Waals surface area contributed by atoms with Gasteiger partial charge < -0.3 is 33.3 Å². The summed E-state index contributed by atoms with van der Waals surface area (Å²) in [6.07, 6.45) is 1.07. The second kappa shape index (κ2) is 24.5. The Bertz CT molecular complexity index is 2950. The second-order valence-electron chi connectivity index (χ2n) is 18.6. The van der Waals surface area contributed by atoms with Gasteiger partial charge in [-0.2, -0.15) is 0 Å². The Morgan fingerprint density at radius 3 is 1.03 bits per heavy atom. The first kappa shape index (κ1) is 52.7. The number of hydrogen-bond donors (Lipinski definition) is 4. The highest BCUT2D eigenvalue weighted by Gasteiger charge is 2.43. The standard InChI is InChI=1S/C62H63BO9S2/c64-34-39-73(40-35-65,45-58(68)60-54-29-14-10-19-47(54)43-48-20-11-15-30-55(48)60)71-63(70-38-18-33-62(51-23-4-1-5-24-51,52-25-6-2-7-26-52)53-27-8-3-9-28-53)72-74(41-36-66,42-37-67)46-59(69)61-56-31-16-12-21-49(56)44-50-22-13-17-32-57(50)61/h1-17,19-32,43-44,64-67H,18,33-42,45-46H2. The summed E-state index contributed by atoms with van der Waals surface area (Å²) >= 11 is 0. The highest BCUT2D eigenvalue weighted by Crippen LogP contribution is 2.55. The number of aliphatic hydroxyl groups is 4. The maximum atomic E-state index is 15.2. The van der Waals surface area contributed by atoms with E-state index in [2.05, 4.69) is 48.5 Å². The molecule has 9 nitrogen and oxygen atoms in total. The van der Waals surface area contributed by atoms with Gasteiger partial charge >= 0.3 is 7.32 Å². The molecule has 0 radical (unpaired) electrons. The van der Waals surface area contributed by atoms with Crippen LogP contribution in [-0.4, -0.2) is 107 Å².